The second-order valence-corrected chi connectivity index (χ2v) is 6.28. The summed E-state index contributed by atoms with van der Waals surface area (Å²) in [5.41, 5.74) is 2.01. The SMILES string of the molecule is CC.O=C(NCc1cc(Br)ccc1NC(=O)c1ccccn1)c1ccccn1. The lowest BCUT2D eigenvalue weighted by atomic mass is 10.1. The van der Waals surface area contributed by atoms with Gasteiger partial charge in [0.05, 0.1) is 0 Å². The minimum absolute atomic E-state index is 0.243. The zero-order chi connectivity index (χ0) is 20.4. The smallest absolute Gasteiger partial charge is 0.274 e. The molecule has 1 aromatic carbocycles. The van der Waals surface area contributed by atoms with Crippen LogP contribution >= 0.6 is 15.9 Å². The van der Waals surface area contributed by atoms with Crippen LogP contribution in [0.4, 0.5) is 5.69 Å². The third kappa shape index (κ3) is 5.99. The molecule has 0 saturated heterocycles. The normalized spacial score (nSPS) is 9.68. The minimum atomic E-state index is -0.315. The molecule has 28 heavy (non-hydrogen) atoms. The number of hydrogen-bond acceptors (Lipinski definition) is 4. The molecule has 0 radical (unpaired) electrons. The van der Waals surface area contributed by atoms with Crippen molar-refractivity contribution >= 4 is 33.4 Å². The van der Waals surface area contributed by atoms with Crippen LogP contribution in [0.3, 0.4) is 0 Å². The fourth-order valence-electron chi connectivity index (χ4n) is 2.28. The molecule has 3 rings (SSSR count). The van der Waals surface area contributed by atoms with E-state index in [-0.39, 0.29) is 18.4 Å². The molecule has 144 valence electrons. The van der Waals surface area contributed by atoms with Gasteiger partial charge in [0.25, 0.3) is 11.8 Å². The zero-order valence-electron chi connectivity index (χ0n) is 15.6. The monoisotopic (exact) mass is 440 g/mol. The lowest BCUT2D eigenvalue weighted by molar-refractivity contribution is 0.0945. The van der Waals surface area contributed by atoms with Gasteiger partial charge >= 0.3 is 0 Å². The predicted molar refractivity (Wildman–Crippen MR) is 113 cm³/mol. The molecule has 2 aromatic heterocycles. The number of carbonyl (C=O) groups is 2. The van der Waals surface area contributed by atoms with Gasteiger partial charge < -0.3 is 10.6 Å². The molecule has 0 spiro atoms. The molecular formula is C21H21BrN4O2. The largest absolute Gasteiger partial charge is 0.347 e. The minimum Gasteiger partial charge on any atom is -0.347 e. The van der Waals surface area contributed by atoms with Gasteiger partial charge in [0.15, 0.2) is 0 Å². The molecule has 3 aromatic rings. The molecular weight excluding hydrogens is 420 g/mol. The Morgan fingerprint density at radius 1 is 0.893 bits per heavy atom. The number of carbonyl (C=O) groups excluding carboxylic acids is 2. The van der Waals surface area contributed by atoms with Crippen molar-refractivity contribution in [1.29, 1.82) is 0 Å². The molecule has 0 unspecified atom stereocenters. The highest BCUT2D eigenvalue weighted by molar-refractivity contribution is 9.10. The van der Waals surface area contributed by atoms with Gasteiger partial charge in [-0.15, -0.1) is 0 Å². The zero-order valence-corrected chi connectivity index (χ0v) is 17.2. The average molecular weight is 441 g/mol. The molecule has 0 fully saturated rings. The average Bonchev–Trinajstić information content (AvgIpc) is 2.76. The Bertz CT molecular complexity index is 918. The van der Waals surface area contributed by atoms with Crippen molar-refractivity contribution in [2.75, 3.05) is 5.32 Å². The van der Waals surface area contributed by atoms with Crippen molar-refractivity contribution in [2.24, 2.45) is 0 Å². The van der Waals surface area contributed by atoms with Crippen molar-refractivity contribution in [2.45, 2.75) is 20.4 Å². The van der Waals surface area contributed by atoms with Crippen LogP contribution < -0.4 is 10.6 Å². The predicted octanol–water partition coefficient (Wildman–Crippen LogP) is 4.45. The summed E-state index contributed by atoms with van der Waals surface area (Å²) in [4.78, 5) is 32.6. The Hall–Kier alpha value is -3.06. The standard InChI is InChI=1S/C19H15BrN4O2.C2H6/c20-14-7-8-15(24-19(26)17-6-2-4-10-22-17)13(11-14)12-23-18(25)16-5-1-3-9-21-16;1-2/h1-11H,12H2,(H,23,25)(H,24,26);1-2H3. The molecule has 6 nitrogen and oxygen atoms in total. The van der Waals surface area contributed by atoms with E-state index < -0.39 is 0 Å². The van der Waals surface area contributed by atoms with E-state index in [2.05, 4.69) is 36.5 Å². The highest BCUT2D eigenvalue weighted by Gasteiger charge is 2.12. The van der Waals surface area contributed by atoms with E-state index in [1.165, 1.54) is 0 Å². The summed E-state index contributed by atoms with van der Waals surface area (Å²) in [6.45, 7) is 4.24. The van der Waals surface area contributed by atoms with Crippen LogP contribution in [0.1, 0.15) is 40.4 Å². The number of rotatable bonds is 5. The van der Waals surface area contributed by atoms with E-state index in [1.807, 2.05) is 26.0 Å². The van der Waals surface area contributed by atoms with E-state index in [1.54, 1.807) is 54.9 Å². The Labute approximate surface area is 172 Å². The van der Waals surface area contributed by atoms with Crippen LogP contribution in [0.25, 0.3) is 0 Å². The van der Waals surface area contributed by atoms with E-state index in [0.717, 1.165) is 10.0 Å². The number of hydrogen-bond donors (Lipinski definition) is 2. The maximum Gasteiger partial charge on any atom is 0.274 e. The fraction of sp³-hybridized carbons (Fsp3) is 0.143. The molecule has 0 aliphatic carbocycles. The van der Waals surface area contributed by atoms with Gasteiger partial charge in [-0.1, -0.05) is 41.9 Å². The van der Waals surface area contributed by atoms with E-state index >= 15 is 0 Å². The summed E-state index contributed by atoms with van der Waals surface area (Å²) >= 11 is 3.41. The summed E-state index contributed by atoms with van der Waals surface area (Å²) in [6.07, 6.45) is 3.12. The Morgan fingerprint density at radius 2 is 1.50 bits per heavy atom. The summed E-state index contributed by atoms with van der Waals surface area (Å²) < 4.78 is 0.843. The summed E-state index contributed by atoms with van der Waals surface area (Å²) in [5, 5.41) is 5.64. The molecule has 0 saturated carbocycles. The van der Waals surface area contributed by atoms with Crippen molar-refractivity contribution < 1.29 is 9.59 Å². The molecule has 0 aliphatic rings. The Morgan fingerprint density at radius 3 is 2.07 bits per heavy atom. The summed E-state index contributed by atoms with van der Waals surface area (Å²) in [7, 11) is 0. The van der Waals surface area contributed by atoms with E-state index in [9.17, 15) is 9.59 Å². The highest BCUT2D eigenvalue weighted by atomic mass is 79.9. The first kappa shape index (κ1) is 21.2. The number of pyridine rings is 2. The van der Waals surface area contributed by atoms with Gasteiger partial charge in [0, 0.05) is 29.1 Å². The molecule has 0 aliphatic heterocycles. The number of halogens is 1. The first-order valence-corrected chi connectivity index (χ1v) is 9.63. The van der Waals surface area contributed by atoms with Gasteiger partial charge in [0.2, 0.25) is 0 Å². The van der Waals surface area contributed by atoms with Crippen LogP contribution in [0.5, 0.6) is 0 Å². The fourth-order valence-corrected chi connectivity index (χ4v) is 2.69. The molecule has 0 atom stereocenters. The van der Waals surface area contributed by atoms with E-state index in [0.29, 0.717) is 17.1 Å². The summed E-state index contributed by atoms with van der Waals surface area (Å²) in [5.74, 6) is -0.599. The third-order valence-electron chi connectivity index (χ3n) is 3.55. The third-order valence-corrected chi connectivity index (χ3v) is 4.04. The number of amides is 2. The van der Waals surface area contributed by atoms with Crippen molar-refractivity contribution in [3.63, 3.8) is 0 Å². The number of nitrogens with one attached hydrogen (secondary N) is 2. The molecule has 2 amide bonds. The molecule has 2 heterocycles. The summed E-state index contributed by atoms with van der Waals surface area (Å²) in [6, 6.07) is 15.7. The van der Waals surface area contributed by atoms with Crippen LogP contribution in [-0.2, 0) is 6.54 Å². The number of aromatic nitrogens is 2. The van der Waals surface area contributed by atoms with Crippen LogP contribution in [-0.4, -0.2) is 21.8 Å². The van der Waals surface area contributed by atoms with E-state index in [4.69, 9.17) is 0 Å². The maximum atomic E-state index is 12.3. The number of anilines is 1. The Balaban J connectivity index is 0.00000136. The second-order valence-electron chi connectivity index (χ2n) is 5.37. The van der Waals surface area contributed by atoms with Crippen LogP contribution in [0, 0.1) is 0 Å². The van der Waals surface area contributed by atoms with Gasteiger partial charge in [-0.25, -0.2) is 0 Å². The van der Waals surface area contributed by atoms with Crippen molar-refractivity contribution in [1.82, 2.24) is 15.3 Å². The highest BCUT2D eigenvalue weighted by Crippen LogP contribution is 2.21. The maximum absolute atomic E-state index is 12.3. The lowest BCUT2D eigenvalue weighted by Crippen LogP contribution is -2.24. The molecule has 0 bridgehead atoms. The van der Waals surface area contributed by atoms with Gasteiger partial charge in [-0.3, -0.25) is 19.6 Å². The number of nitrogens with zero attached hydrogens (tertiary/aromatic N) is 2. The molecule has 7 heteroatoms. The van der Waals surface area contributed by atoms with Crippen molar-refractivity contribution in [3.05, 3.63) is 88.4 Å². The first-order chi connectivity index (χ1) is 13.6. The molecule has 2 N–H and O–H groups in total. The van der Waals surface area contributed by atoms with Crippen LogP contribution in [0.2, 0.25) is 0 Å². The van der Waals surface area contributed by atoms with Gasteiger partial charge in [0.1, 0.15) is 11.4 Å². The topological polar surface area (TPSA) is 84.0 Å². The first-order valence-electron chi connectivity index (χ1n) is 8.83. The quantitative estimate of drug-likeness (QED) is 0.613. The lowest BCUT2D eigenvalue weighted by Gasteiger charge is -2.12. The number of benzene rings is 1. The second kappa shape index (κ2) is 10.9. The van der Waals surface area contributed by atoms with Gasteiger partial charge in [-0.05, 0) is 48.0 Å². The van der Waals surface area contributed by atoms with Crippen LogP contribution in [0.15, 0.2) is 71.5 Å². The Kier molecular flexibility index (Phi) is 8.30. The van der Waals surface area contributed by atoms with Gasteiger partial charge in [-0.2, -0.15) is 0 Å². The van der Waals surface area contributed by atoms with Crippen molar-refractivity contribution in [3.8, 4) is 0 Å².